The van der Waals surface area contributed by atoms with E-state index >= 15 is 0 Å². The Hall–Kier alpha value is -3.53. The lowest BCUT2D eigenvalue weighted by Gasteiger charge is -2.20. The first-order valence-electron chi connectivity index (χ1n) is 9.57. The van der Waals surface area contributed by atoms with Crippen LogP contribution in [0.1, 0.15) is 19.4 Å². The van der Waals surface area contributed by atoms with E-state index in [1.807, 2.05) is 30.3 Å². The maximum atomic E-state index is 12.7. The molecule has 0 saturated carbocycles. The lowest BCUT2D eigenvalue weighted by atomic mass is 9.93. The molecule has 1 aliphatic heterocycles. The highest BCUT2D eigenvalue weighted by Gasteiger charge is 2.40. The highest BCUT2D eigenvalue weighted by molar-refractivity contribution is 5.97. The number of nitrogens with one attached hydrogen (secondary N) is 1. The fourth-order valence-corrected chi connectivity index (χ4v) is 3.16. The first-order chi connectivity index (χ1) is 14.5. The summed E-state index contributed by atoms with van der Waals surface area (Å²) in [5.41, 5.74) is 0.345. The fourth-order valence-electron chi connectivity index (χ4n) is 3.16. The summed E-state index contributed by atoms with van der Waals surface area (Å²) in [7, 11) is 0. The molecular weight excluding hydrogens is 388 g/mol. The molecule has 3 heterocycles. The zero-order valence-corrected chi connectivity index (χ0v) is 16.7. The van der Waals surface area contributed by atoms with Gasteiger partial charge in [0.15, 0.2) is 11.2 Å². The van der Waals surface area contributed by atoms with E-state index in [4.69, 9.17) is 9.47 Å². The van der Waals surface area contributed by atoms with E-state index in [9.17, 15) is 9.59 Å². The van der Waals surface area contributed by atoms with Crippen LogP contribution >= 0.6 is 0 Å². The van der Waals surface area contributed by atoms with Crippen molar-refractivity contribution in [3.63, 3.8) is 0 Å². The highest BCUT2D eigenvalue weighted by atomic mass is 16.5. The zero-order chi connectivity index (χ0) is 21.1. The van der Waals surface area contributed by atoms with Crippen LogP contribution in [0.5, 0.6) is 0 Å². The molecular formula is C20H22N6O4. The molecule has 1 aliphatic rings. The number of hydrazone groups is 1. The van der Waals surface area contributed by atoms with Crippen molar-refractivity contribution in [3.8, 4) is 0 Å². The predicted molar refractivity (Wildman–Crippen MR) is 110 cm³/mol. The molecule has 2 aromatic heterocycles. The molecule has 1 unspecified atom stereocenters. The Morgan fingerprint density at radius 1 is 1.30 bits per heavy atom. The summed E-state index contributed by atoms with van der Waals surface area (Å²) in [5.74, 6) is -0.160. The molecule has 30 heavy (non-hydrogen) atoms. The van der Waals surface area contributed by atoms with Gasteiger partial charge in [-0.25, -0.2) is 9.99 Å². The van der Waals surface area contributed by atoms with Crippen molar-refractivity contribution in [2.24, 2.45) is 10.5 Å². The number of carbonyl (C=O) groups is 1. The minimum atomic E-state index is -0.909. The molecule has 10 heteroatoms. The van der Waals surface area contributed by atoms with Gasteiger partial charge in [0.2, 0.25) is 5.95 Å². The number of imidazole rings is 1. The fraction of sp³-hybridized carbons (Fsp3) is 0.350. The van der Waals surface area contributed by atoms with Crippen molar-refractivity contribution in [2.45, 2.75) is 27.2 Å². The minimum Gasteiger partial charge on any atom is -0.465 e. The SMILES string of the molecule is CCOC(=O)C1(C)C=NN(c2nc3ncn(COCc4ccccc4)c3c(=O)[nH]2)C1. The molecule has 0 aliphatic carbocycles. The second-order valence-corrected chi connectivity index (χ2v) is 7.18. The summed E-state index contributed by atoms with van der Waals surface area (Å²) in [6.45, 7) is 4.55. The van der Waals surface area contributed by atoms with Crippen LogP contribution in [0.15, 0.2) is 46.6 Å². The Kier molecular flexibility index (Phi) is 5.32. The van der Waals surface area contributed by atoms with Crippen molar-refractivity contribution >= 4 is 29.3 Å². The largest absolute Gasteiger partial charge is 0.465 e. The maximum Gasteiger partial charge on any atom is 0.319 e. The van der Waals surface area contributed by atoms with Crippen LogP contribution in [-0.4, -0.2) is 44.9 Å². The van der Waals surface area contributed by atoms with Gasteiger partial charge in [-0.3, -0.25) is 14.6 Å². The number of anilines is 1. The third-order valence-electron chi connectivity index (χ3n) is 4.76. The van der Waals surface area contributed by atoms with E-state index in [1.165, 1.54) is 17.6 Å². The normalized spacial score (nSPS) is 18.3. The van der Waals surface area contributed by atoms with Crippen molar-refractivity contribution in [2.75, 3.05) is 18.2 Å². The summed E-state index contributed by atoms with van der Waals surface area (Å²) in [4.78, 5) is 36.2. The van der Waals surface area contributed by atoms with E-state index in [0.29, 0.717) is 12.1 Å². The summed E-state index contributed by atoms with van der Waals surface area (Å²) >= 11 is 0. The number of rotatable bonds is 7. The van der Waals surface area contributed by atoms with E-state index < -0.39 is 5.41 Å². The number of carbonyl (C=O) groups excluding carboxylic acids is 1. The standard InChI is InChI=1S/C20H22N6O4/c1-3-30-18(28)20(2)10-22-26(11-20)19-23-16-15(17(27)24-19)25(12-21-16)13-29-9-14-7-5-4-6-8-14/h4-8,10,12H,3,9,11,13H2,1-2H3,(H,23,24,27). The van der Waals surface area contributed by atoms with E-state index in [1.54, 1.807) is 18.4 Å². The monoisotopic (exact) mass is 410 g/mol. The summed E-state index contributed by atoms with van der Waals surface area (Å²) < 4.78 is 12.4. The average molecular weight is 410 g/mol. The zero-order valence-electron chi connectivity index (χ0n) is 16.7. The second-order valence-electron chi connectivity index (χ2n) is 7.18. The van der Waals surface area contributed by atoms with Gasteiger partial charge < -0.3 is 14.0 Å². The molecule has 1 aromatic carbocycles. The Balaban J connectivity index is 1.50. The quantitative estimate of drug-likeness (QED) is 0.589. The van der Waals surface area contributed by atoms with E-state index in [-0.39, 0.29) is 43.0 Å². The number of hydrogen-bond acceptors (Lipinski definition) is 8. The number of aromatic amines is 1. The predicted octanol–water partition coefficient (Wildman–Crippen LogP) is 1.67. The van der Waals surface area contributed by atoms with Crippen molar-refractivity contribution in [1.29, 1.82) is 0 Å². The van der Waals surface area contributed by atoms with Crippen LogP contribution in [-0.2, 0) is 27.6 Å². The Labute approximate surface area is 172 Å². The molecule has 0 radical (unpaired) electrons. The highest BCUT2D eigenvalue weighted by Crippen LogP contribution is 2.26. The second kappa shape index (κ2) is 8.07. The van der Waals surface area contributed by atoms with Gasteiger partial charge in [0.1, 0.15) is 12.1 Å². The maximum absolute atomic E-state index is 12.7. The molecule has 1 atom stereocenters. The van der Waals surface area contributed by atoms with Gasteiger partial charge in [0.25, 0.3) is 5.56 Å². The van der Waals surface area contributed by atoms with Crippen molar-refractivity contribution in [1.82, 2.24) is 19.5 Å². The molecule has 0 spiro atoms. The number of esters is 1. The number of nitrogens with zero attached hydrogens (tertiary/aromatic N) is 5. The van der Waals surface area contributed by atoms with Crippen LogP contribution in [0.3, 0.4) is 0 Å². The first kappa shape index (κ1) is 19.8. The van der Waals surface area contributed by atoms with Crippen LogP contribution in [0.2, 0.25) is 0 Å². The molecule has 0 saturated heterocycles. The minimum absolute atomic E-state index is 0.165. The number of fused-ring (bicyclic) bond motifs is 1. The average Bonchev–Trinajstić information content (AvgIpc) is 3.34. The summed E-state index contributed by atoms with van der Waals surface area (Å²) in [5, 5.41) is 5.68. The molecule has 3 aromatic rings. The molecule has 10 nitrogen and oxygen atoms in total. The molecule has 0 amide bonds. The van der Waals surface area contributed by atoms with Crippen LogP contribution in [0, 0.1) is 5.41 Å². The molecule has 0 bridgehead atoms. The van der Waals surface area contributed by atoms with Gasteiger partial charge in [0, 0.05) is 6.21 Å². The summed E-state index contributed by atoms with van der Waals surface area (Å²) in [6, 6.07) is 9.75. The van der Waals surface area contributed by atoms with Gasteiger partial charge >= 0.3 is 5.97 Å². The number of H-pyrrole nitrogens is 1. The first-order valence-corrected chi connectivity index (χ1v) is 9.57. The van der Waals surface area contributed by atoms with Crippen molar-refractivity contribution < 1.29 is 14.3 Å². The lowest BCUT2D eigenvalue weighted by Crippen LogP contribution is -2.37. The smallest absolute Gasteiger partial charge is 0.319 e. The van der Waals surface area contributed by atoms with Crippen LogP contribution < -0.4 is 10.6 Å². The van der Waals surface area contributed by atoms with Gasteiger partial charge in [-0.15, -0.1) is 0 Å². The van der Waals surface area contributed by atoms with Crippen LogP contribution in [0.4, 0.5) is 5.95 Å². The molecule has 156 valence electrons. The van der Waals surface area contributed by atoms with E-state index in [2.05, 4.69) is 20.1 Å². The lowest BCUT2D eigenvalue weighted by molar-refractivity contribution is -0.149. The van der Waals surface area contributed by atoms with Gasteiger partial charge in [-0.1, -0.05) is 30.3 Å². The van der Waals surface area contributed by atoms with Crippen LogP contribution in [0.25, 0.3) is 11.2 Å². The molecule has 0 fully saturated rings. The third-order valence-corrected chi connectivity index (χ3v) is 4.76. The number of hydrogen-bond donors (Lipinski definition) is 1. The van der Waals surface area contributed by atoms with Gasteiger partial charge in [-0.2, -0.15) is 10.1 Å². The number of ether oxygens (including phenoxy) is 2. The van der Waals surface area contributed by atoms with Gasteiger partial charge in [-0.05, 0) is 19.4 Å². The number of benzene rings is 1. The third kappa shape index (κ3) is 3.81. The van der Waals surface area contributed by atoms with E-state index in [0.717, 1.165) is 5.56 Å². The summed E-state index contributed by atoms with van der Waals surface area (Å²) in [6.07, 6.45) is 3.02. The Morgan fingerprint density at radius 2 is 2.10 bits per heavy atom. The molecule has 4 rings (SSSR count). The van der Waals surface area contributed by atoms with Gasteiger partial charge in [0.05, 0.1) is 26.1 Å². The van der Waals surface area contributed by atoms with Crippen molar-refractivity contribution in [3.05, 3.63) is 52.6 Å². The Morgan fingerprint density at radius 3 is 2.87 bits per heavy atom. The topological polar surface area (TPSA) is 115 Å². The number of aromatic nitrogens is 4. The Bertz CT molecular complexity index is 1140. The molecule has 1 N–H and O–H groups in total.